The van der Waals surface area contributed by atoms with Gasteiger partial charge in [0.2, 0.25) is 5.17 Å². The van der Waals surface area contributed by atoms with Gasteiger partial charge >= 0.3 is 0 Å². The summed E-state index contributed by atoms with van der Waals surface area (Å²) in [6.45, 7) is 2.34. The molecule has 10 heteroatoms. The standard InChI is InChI=1S/C26H20ClN5O3S/c1-15-6-3-4-7-18(15)14-35-22-20(27)11-16(12-21(22)34-2)10-19-23(28)32-26(30-24(19)33)36-25(31-32)17-8-5-9-29-13-17/h3-13,28H,14H2,1-2H3. The second-order valence-electron chi connectivity index (χ2n) is 7.92. The lowest BCUT2D eigenvalue weighted by Gasteiger charge is -2.20. The van der Waals surface area contributed by atoms with E-state index in [2.05, 4.69) is 15.1 Å². The molecule has 1 aromatic heterocycles. The molecule has 0 unspecified atom stereocenters. The molecular weight excluding hydrogens is 498 g/mol. The summed E-state index contributed by atoms with van der Waals surface area (Å²) in [4.78, 5) is 21.0. The molecule has 180 valence electrons. The highest BCUT2D eigenvalue weighted by Gasteiger charge is 2.36. The van der Waals surface area contributed by atoms with Crippen molar-refractivity contribution in [2.75, 3.05) is 7.11 Å². The van der Waals surface area contributed by atoms with Gasteiger partial charge < -0.3 is 9.47 Å². The van der Waals surface area contributed by atoms with Crippen LogP contribution in [0.2, 0.25) is 5.02 Å². The summed E-state index contributed by atoms with van der Waals surface area (Å²) >= 11 is 7.76. The number of rotatable bonds is 6. The number of fused-ring (bicyclic) bond motifs is 1. The van der Waals surface area contributed by atoms with Crippen LogP contribution in [-0.4, -0.2) is 39.1 Å². The van der Waals surface area contributed by atoms with Crippen LogP contribution in [0.3, 0.4) is 0 Å². The number of hydrogen-bond acceptors (Lipinski definition) is 7. The number of aliphatic imine (C=N–C) groups is 1. The molecule has 36 heavy (non-hydrogen) atoms. The van der Waals surface area contributed by atoms with E-state index in [9.17, 15) is 4.79 Å². The number of pyridine rings is 1. The number of hydrogen-bond donors (Lipinski definition) is 1. The summed E-state index contributed by atoms with van der Waals surface area (Å²) in [5.41, 5.74) is 3.57. The van der Waals surface area contributed by atoms with Crippen LogP contribution in [0, 0.1) is 12.3 Å². The Labute approximate surface area is 216 Å². The molecule has 0 fully saturated rings. The number of carbonyl (C=O) groups excluding carboxylic acids is 1. The first kappa shape index (κ1) is 23.8. The van der Waals surface area contributed by atoms with Crippen LogP contribution in [0.4, 0.5) is 0 Å². The number of amides is 1. The van der Waals surface area contributed by atoms with E-state index in [0.29, 0.717) is 38.9 Å². The largest absolute Gasteiger partial charge is 0.493 e. The van der Waals surface area contributed by atoms with Crippen LogP contribution in [0.5, 0.6) is 11.5 Å². The van der Waals surface area contributed by atoms with Gasteiger partial charge in [0, 0.05) is 18.0 Å². The first-order chi connectivity index (χ1) is 17.4. The Balaban J connectivity index is 1.42. The minimum absolute atomic E-state index is 0.0774. The van der Waals surface area contributed by atoms with Crippen molar-refractivity contribution in [3.63, 3.8) is 0 Å². The van der Waals surface area contributed by atoms with Crippen LogP contribution >= 0.6 is 23.4 Å². The molecule has 0 bridgehead atoms. The topological polar surface area (TPSA) is 100 Å². The van der Waals surface area contributed by atoms with Crippen molar-refractivity contribution in [3.8, 4) is 11.5 Å². The maximum Gasteiger partial charge on any atom is 0.283 e. The van der Waals surface area contributed by atoms with Crippen LogP contribution in [-0.2, 0) is 11.4 Å². The predicted molar refractivity (Wildman–Crippen MR) is 142 cm³/mol. The minimum atomic E-state index is -0.531. The third kappa shape index (κ3) is 4.62. The number of hydrazone groups is 1. The zero-order valence-electron chi connectivity index (χ0n) is 19.4. The normalized spacial score (nSPS) is 16.1. The van der Waals surface area contributed by atoms with Gasteiger partial charge in [0.1, 0.15) is 11.7 Å². The molecule has 1 amide bonds. The van der Waals surface area contributed by atoms with Crippen molar-refractivity contribution in [2.24, 2.45) is 10.1 Å². The maximum absolute atomic E-state index is 12.8. The summed E-state index contributed by atoms with van der Waals surface area (Å²) in [5, 5.41) is 15.7. The van der Waals surface area contributed by atoms with E-state index in [1.807, 2.05) is 37.3 Å². The molecule has 1 N–H and O–H groups in total. The van der Waals surface area contributed by atoms with E-state index in [-0.39, 0.29) is 11.4 Å². The van der Waals surface area contributed by atoms with Crippen molar-refractivity contribution in [1.82, 2.24) is 9.99 Å². The molecule has 2 aliphatic rings. The molecule has 8 nitrogen and oxygen atoms in total. The monoisotopic (exact) mass is 517 g/mol. The molecule has 3 aromatic rings. The number of nitrogens with zero attached hydrogens (tertiary/aromatic N) is 4. The highest BCUT2D eigenvalue weighted by Crippen LogP contribution is 2.38. The average Bonchev–Trinajstić information content (AvgIpc) is 3.31. The van der Waals surface area contributed by atoms with Crippen LogP contribution in [0.15, 0.2) is 76.6 Å². The summed E-state index contributed by atoms with van der Waals surface area (Å²) in [7, 11) is 1.52. The molecule has 0 aliphatic carbocycles. The first-order valence-electron chi connectivity index (χ1n) is 10.9. The molecule has 5 rings (SSSR count). The van der Waals surface area contributed by atoms with Crippen molar-refractivity contribution < 1.29 is 14.3 Å². The van der Waals surface area contributed by atoms with E-state index in [1.165, 1.54) is 23.9 Å². The quantitative estimate of drug-likeness (QED) is 0.445. The lowest BCUT2D eigenvalue weighted by molar-refractivity contribution is -0.114. The van der Waals surface area contributed by atoms with E-state index >= 15 is 0 Å². The Morgan fingerprint density at radius 1 is 1.19 bits per heavy atom. The molecular formula is C26H20ClN5O3S. The minimum Gasteiger partial charge on any atom is -0.493 e. The zero-order valence-corrected chi connectivity index (χ0v) is 20.9. The molecule has 0 radical (unpaired) electrons. The van der Waals surface area contributed by atoms with E-state index in [0.717, 1.165) is 16.7 Å². The molecule has 2 aliphatic heterocycles. The van der Waals surface area contributed by atoms with Gasteiger partial charge in [-0.3, -0.25) is 15.2 Å². The number of amidine groups is 2. The molecule has 0 spiro atoms. The predicted octanol–water partition coefficient (Wildman–Crippen LogP) is 5.30. The number of halogens is 1. The van der Waals surface area contributed by atoms with Crippen LogP contribution in [0.25, 0.3) is 6.08 Å². The molecule has 0 saturated carbocycles. The summed E-state index contributed by atoms with van der Waals surface area (Å²) in [6, 6.07) is 14.9. The number of ether oxygens (including phenoxy) is 2. The van der Waals surface area contributed by atoms with Gasteiger partial charge in [0.25, 0.3) is 5.91 Å². The highest BCUT2D eigenvalue weighted by atomic mass is 35.5. The number of aromatic nitrogens is 1. The highest BCUT2D eigenvalue weighted by molar-refractivity contribution is 8.27. The number of methoxy groups -OCH3 is 1. The van der Waals surface area contributed by atoms with Crippen LogP contribution in [0.1, 0.15) is 22.3 Å². The van der Waals surface area contributed by atoms with Gasteiger partial charge in [-0.2, -0.15) is 15.1 Å². The van der Waals surface area contributed by atoms with Gasteiger partial charge in [-0.05, 0) is 65.7 Å². The second-order valence-corrected chi connectivity index (χ2v) is 9.28. The first-order valence-corrected chi connectivity index (χ1v) is 12.1. The number of benzene rings is 2. The molecule has 0 atom stereocenters. The van der Waals surface area contributed by atoms with Gasteiger partial charge in [-0.1, -0.05) is 35.9 Å². The Morgan fingerprint density at radius 3 is 2.78 bits per heavy atom. The second kappa shape index (κ2) is 9.96. The van der Waals surface area contributed by atoms with Crippen molar-refractivity contribution in [3.05, 3.63) is 93.8 Å². The fourth-order valence-corrected chi connectivity index (χ4v) is 4.80. The van der Waals surface area contributed by atoms with Crippen LogP contribution < -0.4 is 9.47 Å². The molecule has 3 heterocycles. The van der Waals surface area contributed by atoms with Gasteiger partial charge in [-0.15, -0.1) is 0 Å². The summed E-state index contributed by atoms with van der Waals surface area (Å²) < 4.78 is 11.5. The van der Waals surface area contributed by atoms with Gasteiger partial charge in [0.05, 0.1) is 17.7 Å². The number of thioether (sulfide) groups is 1. The Kier molecular flexibility index (Phi) is 6.58. The van der Waals surface area contributed by atoms with E-state index < -0.39 is 5.91 Å². The lowest BCUT2D eigenvalue weighted by atomic mass is 10.1. The Bertz CT molecular complexity index is 1470. The number of aryl methyl sites for hydroxylation is 1. The van der Waals surface area contributed by atoms with Crippen molar-refractivity contribution >= 4 is 51.4 Å². The average molecular weight is 518 g/mol. The molecule has 2 aromatic carbocycles. The SMILES string of the molecule is COc1cc(C=C2C(=N)N3N=C(c4cccnc4)SC3=NC2=O)cc(Cl)c1OCc1ccccc1C. The van der Waals surface area contributed by atoms with Gasteiger partial charge in [0.15, 0.2) is 17.3 Å². The van der Waals surface area contributed by atoms with Gasteiger partial charge in [-0.25, -0.2) is 0 Å². The Hall–Kier alpha value is -3.95. The third-order valence-electron chi connectivity index (χ3n) is 5.56. The Morgan fingerprint density at radius 2 is 2.03 bits per heavy atom. The summed E-state index contributed by atoms with van der Waals surface area (Å²) in [5.74, 6) is 0.204. The number of nitrogens with one attached hydrogen (secondary N) is 1. The number of carbonyl (C=O) groups is 1. The lowest BCUT2D eigenvalue weighted by Crippen LogP contribution is -2.35. The van der Waals surface area contributed by atoms with Crippen molar-refractivity contribution in [2.45, 2.75) is 13.5 Å². The smallest absolute Gasteiger partial charge is 0.283 e. The maximum atomic E-state index is 12.8. The van der Waals surface area contributed by atoms with E-state index in [4.69, 9.17) is 26.5 Å². The van der Waals surface area contributed by atoms with E-state index in [1.54, 1.807) is 36.7 Å². The zero-order chi connectivity index (χ0) is 25.2. The third-order valence-corrected chi connectivity index (χ3v) is 6.80. The molecule has 0 saturated heterocycles. The summed E-state index contributed by atoms with van der Waals surface area (Å²) in [6.07, 6.45) is 4.89. The fourth-order valence-electron chi connectivity index (χ4n) is 3.65. The van der Waals surface area contributed by atoms with Crippen molar-refractivity contribution in [1.29, 1.82) is 5.41 Å². The fraction of sp³-hybridized carbons (Fsp3) is 0.115.